The number of hydrogen-bond donors (Lipinski definition) is 1. The summed E-state index contributed by atoms with van der Waals surface area (Å²) in [6.07, 6.45) is 1.30. The maximum Gasteiger partial charge on any atom is 0.338 e. The first kappa shape index (κ1) is 16.9. The first-order valence-electron chi connectivity index (χ1n) is 7.17. The van der Waals surface area contributed by atoms with E-state index in [1.54, 1.807) is 19.1 Å². The molecule has 1 aliphatic rings. The monoisotopic (exact) mass is 327 g/mol. The largest absolute Gasteiger partial charge is 0.465 e. The van der Waals surface area contributed by atoms with Crippen LogP contribution in [0.5, 0.6) is 0 Å². The molecule has 22 heavy (non-hydrogen) atoms. The lowest BCUT2D eigenvalue weighted by Crippen LogP contribution is -2.41. The number of rotatable bonds is 4. The van der Waals surface area contributed by atoms with Crippen LogP contribution in [-0.2, 0) is 19.5 Å². The van der Waals surface area contributed by atoms with Gasteiger partial charge in [-0.3, -0.25) is 0 Å². The zero-order valence-corrected chi connectivity index (χ0v) is 13.8. The van der Waals surface area contributed by atoms with Crippen LogP contribution in [0, 0.1) is 6.92 Å². The number of hydrogen-bond acceptors (Lipinski definition) is 5. The van der Waals surface area contributed by atoms with E-state index < -0.39 is 16.0 Å². The van der Waals surface area contributed by atoms with Gasteiger partial charge < -0.3 is 9.47 Å². The van der Waals surface area contributed by atoms with E-state index in [-0.39, 0.29) is 22.6 Å². The molecule has 122 valence electrons. The number of nitrogens with one attached hydrogen (secondary N) is 1. The second-order valence-electron chi connectivity index (χ2n) is 5.44. The molecule has 1 fully saturated rings. The molecule has 1 saturated heterocycles. The normalized spacial score (nSPS) is 22.3. The fourth-order valence-corrected chi connectivity index (χ4v) is 4.18. The van der Waals surface area contributed by atoms with Crippen LogP contribution in [0.15, 0.2) is 23.1 Å². The molecular weight excluding hydrogens is 306 g/mol. The van der Waals surface area contributed by atoms with Gasteiger partial charge in [-0.1, -0.05) is 6.07 Å². The third kappa shape index (κ3) is 3.66. The van der Waals surface area contributed by atoms with Crippen LogP contribution in [0.1, 0.15) is 35.7 Å². The maximum absolute atomic E-state index is 12.6. The Morgan fingerprint density at radius 2 is 2.14 bits per heavy atom. The van der Waals surface area contributed by atoms with Crippen LogP contribution in [0.4, 0.5) is 0 Å². The smallest absolute Gasteiger partial charge is 0.338 e. The van der Waals surface area contributed by atoms with Crippen molar-refractivity contribution in [2.75, 3.05) is 13.7 Å². The average molecular weight is 327 g/mol. The van der Waals surface area contributed by atoms with Gasteiger partial charge in [-0.25, -0.2) is 17.9 Å². The number of carbonyl (C=O) groups is 1. The van der Waals surface area contributed by atoms with Crippen molar-refractivity contribution in [1.82, 2.24) is 4.72 Å². The third-order valence-corrected chi connectivity index (χ3v) is 5.45. The lowest BCUT2D eigenvalue weighted by molar-refractivity contribution is 0.0173. The summed E-state index contributed by atoms with van der Waals surface area (Å²) in [5, 5.41) is 0. The minimum atomic E-state index is -3.69. The van der Waals surface area contributed by atoms with Crippen molar-refractivity contribution in [3.05, 3.63) is 29.3 Å². The Kier molecular flexibility index (Phi) is 5.20. The van der Waals surface area contributed by atoms with Crippen molar-refractivity contribution < 1.29 is 22.7 Å². The van der Waals surface area contributed by atoms with Crippen LogP contribution in [-0.4, -0.2) is 40.2 Å². The van der Waals surface area contributed by atoms with E-state index in [9.17, 15) is 13.2 Å². The van der Waals surface area contributed by atoms with Gasteiger partial charge in [0.2, 0.25) is 10.0 Å². The second kappa shape index (κ2) is 6.76. The zero-order chi connectivity index (χ0) is 16.3. The Morgan fingerprint density at radius 1 is 1.41 bits per heavy atom. The summed E-state index contributed by atoms with van der Waals surface area (Å²) in [5.74, 6) is -0.547. The minimum Gasteiger partial charge on any atom is -0.465 e. The lowest BCUT2D eigenvalue weighted by atomic mass is 10.1. The molecule has 1 N–H and O–H groups in total. The lowest BCUT2D eigenvalue weighted by Gasteiger charge is -2.28. The highest BCUT2D eigenvalue weighted by molar-refractivity contribution is 7.89. The molecular formula is C15H21NO5S. The number of benzene rings is 1. The Morgan fingerprint density at radius 3 is 2.77 bits per heavy atom. The van der Waals surface area contributed by atoms with Crippen LogP contribution in [0.3, 0.4) is 0 Å². The van der Waals surface area contributed by atoms with Gasteiger partial charge in [0.15, 0.2) is 0 Å². The van der Waals surface area contributed by atoms with E-state index in [1.807, 2.05) is 6.92 Å². The predicted octanol–water partition coefficient (Wildman–Crippen LogP) is 1.63. The van der Waals surface area contributed by atoms with Crippen LogP contribution < -0.4 is 4.72 Å². The van der Waals surface area contributed by atoms with Crippen molar-refractivity contribution in [1.29, 1.82) is 0 Å². The first-order valence-corrected chi connectivity index (χ1v) is 8.65. The highest BCUT2D eigenvalue weighted by atomic mass is 32.2. The Hall–Kier alpha value is -1.44. The minimum absolute atomic E-state index is 0.0314. The SMILES string of the molecule is COC(=O)c1cccc(S(=O)(=O)N[C@@H]2CCO[C@@H](C)C2)c1C. The van der Waals surface area contributed by atoms with Gasteiger partial charge in [-0.05, 0) is 44.4 Å². The first-order chi connectivity index (χ1) is 10.3. The van der Waals surface area contributed by atoms with Crippen molar-refractivity contribution in [2.24, 2.45) is 0 Å². The molecule has 0 unspecified atom stereocenters. The van der Waals surface area contributed by atoms with E-state index in [1.165, 1.54) is 13.2 Å². The Balaban J connectivity index is 2.28. The molecule has 2 rings (SSSR count). The van der Waals surface area contributed by atoms with Gasteiger partial charge in [-0.15, -0.1) is 0 Å². The van der Waals surface area contributed by atoms with Crippen LogP contribution in [0.2, 0.25) is 0 Å². The molecule has 1 aliphatic heterocycles. The average Bonchev–Trinajstić information content (AvgIpc) is 2.46. The summed E-state index contributed by atoms with van der Waals surface area (Å²) in [5.41, 5.74) is 0.646. The fraction of sp³-hybridized carbons (Fsp3) is 0.533. The number of sulfonamides is 1. The van der Waals surface area contributed by atoms with E-state index in [2.05, 4.69) is 9.46 Å². The zero-order valence-electron chi connectivity index (χ0n) is 13.0. The maximum atomic E-state index is 12.6. The molecule has 0 aliphatic carbocycles. The van der Waals surface area contributed by atoms with Gasteiger partial charge >= 0.3 is 5.97 Å². The highest BCUT2D eigenvalue weighted by Gasteiger charge is 2.27. The molecule has 0 bridgehead atoms. The Labute approximate surface area is 130 Å². The summed E-state index contributed by atoms with van der Waals surface area (Å²) < 4.78 is 38.0. The number of esters is 1. The summed E-state index contributed by atoms with van der Waals surface area (Å²) >= 11 is 0. The van der Waals surface area contributed by atoms with Crippen molar-refractivity contribution in [3.8, 4) is 0 Å². The highest BCUT2D eigenvalue weighted by Crippen LogP contribution is 2.22. The summed E-state index contributed by atoms with van der Waals surface area (Å²) in [6.45, 7) is 4.06. The van der Waals surface area contributed by atoms with Crippen molar-refractivity contribution in [2.45, 2.75) is 43.7 Å². The summed E-state index contributed by atoms with van der Waals surface area (Å²) in [6, 6.07) is 4.43. The number of methoxy groups -OCH3 is 1. The molecule has 6 nitrogen and oxygen atoms in total. The van der Waals surface area contributed by atoms with Gasteiger partial charge in [0, 0.05) is 12.6 Å². The van der Waals surface area contributed by atoms with Crippen LogP contribution in [0.25, 0.3) is 0 Å². The summed E-state index contributed by atoms with van der Waals surface area (Å²) in [4.78, 5) is 11.8. The molecule has 1 aromatic carbocycles. The van der Waals surface area contributed by atoms with Crippen LogP contribution >= 0.6 is 0 Å². The molecule has 1 heterocycles. The predicted molar refractivity (Wildman–Crippen MR) is 81.3 cm³/mol. The second-order valence-corrected chi connectivity index (χ2v) is 7.13. The van der Waals surface area contributed by atoms with E-state index in [4.69, 9.17) is 4.74 Å². The van der Waals surface area contributed by atoms with Gasteiger partial charge in [-0.2, -0.15) is 0 Å². The van der Waals surface area contributed by atoms with Crippen molar-refractivity contribution in [3.63, 3.8) is 0 Å². The molecule has 0 amide bonds. The Bertz CT molecular complexity index is 656. The van der Waals surface area contributed by atoms with Gasteiger partial charge in [0.1, 0.15) is 0 Å². The van der Waals surface area contributed by atoms with Crippen molar-refractivity contribution >= 4 is 16.0 Å². The number of ether oxygens (including phenoxy) is 2. The van der Waals surface area contributed by atoms with E-state index >= 15 is 0 Å². The van der Waals surface area contributed by atoms with E-state index in [0.717, 1.165) is 0 Å². The molecule has 1 aromatic rings. The molecule has 2 atom stereocenters. The standard InChI is InChI=1S/C15H21NO5S/c1-10-9-12(7-8-21-10)16-22(18,19)14-6-4-5-13(11(14)2)15(17)20-3/h4-6,10,12,16H,7-9H2,1-3H3/t10-,12+/m0/s1. The fourth-order valence-electron chi connectivity index (χ4n) is 2.62. The quantitative estimate of drug-likeness (QED) is 0.850. The molecule has 0 radical (unpaired) electrons. The molecule has 7 heteroatoms. The van der Waals surface area contributed by atoms with Gasteiger partial charge in [0.25, 0.3) is 0 Å². The third-order valence-electron chi connectivity index (χ3n) is 3.79. The molecule has 0 spiro atoms. The number of carbonyl (C=O) groups excluding carboxylic acids is 1. The van der Waals surface area contributed by atoms with Gasteiger partial charge in [0.05, 0.1) is 23.7 Å². The summed E-state index contributed by atoms with van der Waals surface area (Å²) in [7, 11) is -2.42. The topological polar surface area (TPSA) is 81.7 Å². The molecule has 0 saturated carbocycles. The van der Waals surface area contributed by atoms with E-state index in [0.29, 0.717) is 25.0 Å². The molecule has 0 aromatic heterocycles.